The van der Waals surface area contributed by atoms with Gasteiger partial charge in [0.2, 0.25) is 0 Å². The molecule has 0 N–H and O–H groups in total. The van der Waals surface area contributed by atoms with E-state index in [-0.39, 0.29) is 18.2 Å². The zero-order valence-electron chi connectivity index (χ0n) is 16.9. The molecule has 0 saturated carbocycles. The van der Waals surface area contributed by atoms with Crippen LogP contribution in [0.5, 0.6) is 0 Å². The fourth-order valence-corrected chi connectivity index (χ4v) is 4.62. The molecule has 31 heavy (non-hydrogen) atoms. The molecule has 4 rings (SSSR count). The smallest absolute Gasteiger partial charge is 0.350 e. The first-order valence-electron chi connectivity index (χ1n) is 9.56. The van der Waals surface area contributed by atoms with Crippen LogP contribution in [0.25, 0.3) is 10.8 Å². The molecule has 4 aromatic rings. The minimum Gasteiger partial charge on any atom is -0.462 e. The molecule has 0 atom stereocenters. The summed E-state index contributed by atoms with van der Waals surface area (Å²) in [5.74, 6) is -0.139. The van der Waals surface area contributed by atoms with Gasteiger partial charge in [-0.2, -0.15) is 0 Å². The van der Waals surface area contributed by atoms with Crippen LogP contribution in [0.15, 0.2) is 58.5 Å². The summed E-state index contributed by atoms with van der Waals surface area (Å²) < 4.78 is 10.5. The molecule has 0 radical (unpaired) electrons. The third-order valence-corrected chi connectivity index (χ3v) is 6.38. The van der Waals surface area contributed by atoms with Gasteiger partial charge in [-0.1, -0.05) is 41.7 Å². The van der Waals surface area contributed by atoms with Crippen LogP contribution < -0.4 is 4.90 Å². The van der Waals surface area contributed by atoms with E-state index in [0.717, 1.165) is 16.9 Å². The number of furan rings is 1. The van der Waals surface area contributed by atoms with Crippen LogP contribution in [-0.4, -0.2) is 28.5 Å². The highest BCUT2D eigenvalue weighted by Crippen LogP contribution is 2.31. The maximum absolute atomic E-state index is 13.4. The first kappa shape index (κ1) is 21.0. The van der Waals surface area contributed by atoms with Gasteiger partial charge in [0.1, 0.15) is 10.6 Å². The van der Waals surface area contributed by atoms with Crippen molar-refractivity contribution in [2.45, 2.75) is 20.4 Å². The van der Waals surface area contributed by atoms with Crippen LogP contribution in [0, 0.1) is 6.92 Å². The lowest BCUT2D eigenvalue weighted by molar-refractivity contribution is 0.0531. The van der Waals surface area contributed by atoms with Crippen molar-refractivity contribution in [3.8, 4) is 10.8 Å². The zero-order valence-corrected chi connectivity index (χ0v) is 18.5. The fraction of sp³-hybridized carbons (Fsp3) is 0.182. The third-order valence-electron chi connectivity index (χ3n) is 4.36. The third kappa shape index (κ3) is 4.57. The average Bonchev–Trinajstić information content (AvgIpc) is 3.52. The van der Waals surface area contributed by atoms with Crippen molar-refractivity contribution < 1.29 is 18.7 Å². The van der Waals surface area contributed by atoms with Gasteiger partial charge in [-0.25, -0.2) is 14.8 Å². The first-order chi connectivity index (χ1) is 15.1. The summed E-state index contributed by atoms with van der Waals surface area (Å²) in [6.45, 7) is 4.05. The van der Waals surface area contributed by atoms with E-state index in [0.29, 0.717) is 33.0 Å². The number of hydrogen-bond donors (Lipinski definition) is 0. The fourth-order valence-electron chi connectivity index (χ4n) is 2.90. The van der Waals surface area contributed by atoms with Crippen LogP contribution >= 0.6 is 22.7 Å². The van der Waals surface area contributed by atoms with Gasteiger partial charge in [0.15, 0.2) is 15.9 Å². The molecule has 158 valence electrons. The van der Waals surface area contributed by atoms with E-state index in [9.17, 15) is 9.59 Å². The SMILES string of the molecule is CCOC(=O)c1sc(N(Cc2ccccc2)C(=O)c2csc(-c3ccco3)n2)nc1C. The number of nitrogens with zero attached hydrogens (tertiary/aromatic N) is 3. The van der Waals surface area contributed by atoms with Gasteiger partial charge in [0.05, 0.1) is 25.1 Å². The van der Waals surface area contributed by atoms with Gasteiger partial charge < -0.3 is 9.15 Å². The predicted octanol–water partition coefficient (Wildman–Crippen LogP) is 5.19. The second-order valence-electron chi connectivity index (χ2n) is 6.52. The standard InChI is InChI=1S/C22H19N3O4S2/c1-3-28-21(27)18-14(2)23-22(31-18)25(12-15-8-5-4-6-9-15)20(26)16-13-30-19(24-16)17-10-7-11-29-17/h4-11,13H,3,12H2,1-2H3. The van der Waals surface area contributed by atoms with E-state index in [1.807, 2.05) is 30.3 Å². The Morgan fingerprint density at radius 3 is 2.65 bits per heavy atom. The molecule has 0 aliphatic heterocycles. The summed E-state index contributed by atoms with van der Waals surface area (Å²) in [5.41, 5.74) is 1.75. The Labute approximate surface area is 187 Å². The van der Waals surface area contributed by atoms with Crippen LogP contribution in [-0.2, 0) is 11.3 Å². The number of aromatic nitrogens is 2. The van der Waals surface area contributed by atoms with E-state index < -0.39 is 5.97 Å². The molecule has 1 amide bonds. The molecule has 3 aromatic heterocycles. The maximum Gasteiger partial charge on any atom is 0.350 e. The molecule has 0 fully saturated rings. The van der Waals surface area contributed by atoms with Crippen LogP contribution in [0.1, 0.15) is 38.3 Å². The molecule has 3 heterocycles. The number of rotatable bonds is 7. The second-order valence-corrected chi connectivity index (χ2v) is 8.36. The van der Waals surface area contributed by atoms with Crippen molar-refractivity contribution in [2.24, 2.45) is 0 Å². The first-order valence-corrected chi connectivity index (χ1v) is 11.3. The molecule has 1 aromatic carbocycles. The van der Waals surface area contributed by atoms with E-state index in [4.69, 9.17) is 9.15 Å². The van der Waals surface area contributed by atoms with E-state index in [1.54, 1.807) is 37.6 Å². The van der Waals surface area contributed by atoms with Gasteiger partial charge in [0, 0.05) is 5.38 Å². The van der Waals surface area contributed by atoms with E-state index >= 15 is 0 Å². The second kappa shape index (κ2) is 9.23. The number of hydrogen-bond acceptors (Lipinski definition) is 8. The average molecular weight is 454 g/mol. The molecule has 0 unspecified atom stereocenters. The van der Waals surface area contributed by atoms with Gasteiger partial charge in [-0.05, 0) is 31.5 Å². The molecule has 0 bridgehead atoms. The minimum absolute atomic E-state index is 0.270. The lowest BCUT2D eigenvalue weighted by Crippen LogP contribution is -2.30. The van der Waals surface area contributed by atoms with Crippen molar-refractivity contribution in [1.29, 1.82) is 0 Å². The number of esters is 1. The van der Waals surface area contributed by atoms with Crippen molar-refractivity contribution in [3.63, 3.8) is 0 Å². The Morgan fingerprint density at radius 2 is 1.94 bits per heavy atom. The number of benzene rings is 1. The number of carbonyl (C=O) groups is 2. The predicted molar refractivity (Wildman–Crippen MR) is 120 cm³/mol. The Bertz CT molecular complexity index is 1180. The van der Waals surface area contributed by atoms with Gasteiger partial charge >= 0.3 is 5.97 Å². The number of ether oxygens (including phenoxy) is 1. The van der Waals surface area contributed by atoms with Crippen LogP contribution in [0.3, 0.4) is 0 Å². The monoisotopic (exact) mass is 453 g/mol. The highest BCUT2D eigenvalue weighted by molar-refractivity contribution is 7.17. The van der Waals surface area contributed by atoms with E-state index in [2.05, 4.69) is 9.97 Å². The number of thiazole rings is 2. The summed E-state index contributed by atoms with van der Waals surface area (Å²) in [4.78, 5) is 36.6. The van der Waals surface area contributed by atoms with E-state index in [1.165, 1.54) is 16.2 Å². The number of amides is 1. The van der Waals surface area contributed by atoms with Gasteiger partial charge in [-0.3, -0.25) is 9.69 Å². The Hall–Kier alpha value is -3.30. The van der Waals surface area contributed by atoms with Crippen LogP contribution in [0.2, 0.25) is 0 Å². The summed E-state index contributed by atoms with van der Waals surface area (Å²) >= 11 is 2.47. The lowest BCUT2D eigenvalue weighted by atomic mass is 10.2. The summed E-state index contributed by atoms with van der Waals surface area (Å²) in [7, 11) is 0. The quantitative estimate of drug-likeness (QED) is 0.358. The van der Waals surface area contributed by atoms with Gasteiger partial charge in [-0.15, -0.1) is 11.3 Å². The molecule has 0 spiro atoms. The number of carbonyl (C=O) groups excluding carboxylic acids is 2. The Morgan fingerprint density at radius 1 is 1.13 bits per heavy atom. The molecule has 0 aliphatic carbocycles. The summed E-state index contributed by atoms with van der Waals surface area (Å²) in [5, 5.41) is 2.74. The summed E-state index contributed by atoms with van der Waals surface area (Å²) in [6.07, 6.45) is 1.56. The number of anilines is 1. The lowest BCUT2D eigenvalue weighted by Gasteiger charge is -2.19. The van der Waals surface area contributed by atoms with Gasteiger partial charge in [0.25, 0.3) is 5.91 Å². The minimum atomic E-state index is -0.440. The maximum atomic E-state index is 13.4. The van der Waals surface area contributed by atoms with Crippen molar-refractivity contribution in [3.05, 3.63) is 75.9 Å². The van der Waals surface area contributed by atoms with Crippen LogP contribution in [0.4, 0.5) is 5.13 Å². The molecule has 0 aliphatic rings. The highest BCUT2D eigenvalue weighted by atomic mass is 32.1. The Balaban J connectivity index is 1.69. The zero-order chi connectivity index (χ0) is 21.8. The van der Waals surface area contributed by atoms with Crippen molar-refractivity contribution >= 4 is 39.7 Å². The molecular formula is C22H19N3O4S2. The van der Waals surface area contributed by atoms with Crippen molar-refractivity contribution in [2.75, 3.05) is 11.5 Å². The number of aryl methyl sites for hydroxylation is 1. The molecular weight excluding hydrogens is 434 g/mol. The van der Waals surface area contributed by atoms with Crippen molar-refractivity contribution in [1.82, 2.24) is 9.97 Å². The largest absolute Gasteiger partial charge is 0.462 e. The normalized spacial score (nSPS) is 10.8. The highest BCUT2D eigenvalue weighted by Gasteiger charge is 2.27. The summed E-state index contributed by atoms with van der Waals surface area (Å²) in [6, 6.07) is 13.2. The Kier molecular flexibility index (Phi) is 6.24. The molecule has 9 heteroatoms. The topological polar surface area (TPSA) is 85.5 Å². The molecule has 7 nitrogen and oxygen atoms in total. The molecule has 0 saturated heterocycles.